The van der Waals surface area contributed by atoms with Crippen LogP contribution in [0.5, 0.6) is 5.75 Å². The molecule has 4 nitrogen and oxygen atoms in total. The van der Waals surface area contributed by atoms with Crippen LogP contribution in [0.15, 0.2) is 12.1 Å². The summed E-state index contributed by atoms with van der Waals surface area (Å²) in [5.41, 5.74) is 0.341. The maximum Gasteiger partial charge on any atom is 0.255 e. The van der Waals surface area contributed by atoms with Crippen molar-refractivity contribution < 1.29 is 9.53 Å². The molecule has 0 aliphatic rings. The quantitative estimate of drug-likeness (QED) is 0.905. The molecule has 0 atom stereocenters. The largest absolute Gasteiger partial charge is 0.494 e. The highest BCUT2D eigenvalue weighted by Crippen LogP contribution is 2.31. The summed E-state index contributed by atoms with van der Waals surface area (Å²) >= 11 is 11.8. The number of hydrogen-bond donors (Lipinski definition) is 1. The van der Waals surface area contributed by atoms with Crippen molar-refractivity contribution >= 4 is 29.1 Å². The third-order valence-electron chi connectivity index (χ3n) is 2.30. The molecule has 0 spiro atoms. The first-order valence-electron chi connectivity index (χ1n) is 5.41. The Balaban J connectivity index is 2.84. The molecule has 0 aliphatic heterocycles. The molecule has 0 aliphatic carbocycles. The van der Waals surface area contributed by atoms with Gasteiger partial charge in [-0.25, -0.2) is 0 Å². The van der Waals surface area contributed by atoms with Crippen molar-refractivity contribution in [3.63, 3.8) is 0 Å². The molecule has 1 amide bonds. The van der Waals surface area contributed by atoms with E-state index >= 15 is 0 Å². The van der Waals surface area contributed by atoms with Gasteiger partial charge in [-0.1, -0.05) is 23.2 Å². The molecule has 100 valence electrons. The van der Waals surface area contributed by atoms with Crippen LogP contribution in [0.2, 0.25) is 10.0 Å². The average molecular weight is 291 g/mol. The fraction of sp³-hybridized carbons (Fsp3) is 0.417. The van der Waals surface area contributed by atoms with Gasteiger partial charge in [-0.3, -0.25) is 4.79 Å². The van der Waals surface area contributed by atoms with Gasteiger partial charge in [0.1, 0.15) is 5.75 Å². The molecule has 0 heterocycles. The second-order valence-corrected chi connectivity index (χ2v) is 4.87. The molecule has 0 fully saturated rings. The van der Waals surface area contributed by atoms with Crippen molar-refractivity contribution in [2.24, 2.45) is 0 Å². The lowest BCUT2D eigenvalue weighted by Gasteiger charge is -2.13. The summed E-state index contributed by atoms with van der Waals surface area (Å²) in [4.78, 5) is 14.0. The number of halogens is 2. The van der Waals surface area contributed by atoms with E-state index in [1.807, 2.05) is 19.0 Å². The van der Waals surface area contributed by atoms with Crippen LogP contribution in [0.25, 0.3) is 0 Å². The van der Waals surface area contributed by atoms with Crippen LogP contribution < -0.4 is 10.1 Å². The zero-order chi connectivity index (χ0) is 13.7. The third kappa shape index (κ3) is 4.05. The van der Waals surface area contributed by atoms with Gasteiger partial charge < -0.3 is 15.0 Å². The topological polar surface area (TPSA) is 41.6 Å². The smallest absolute Gasteiger partial charge is 0.255 e. The van der Waals surface area contributed by atoms with E-state index in [2.05, 4.69) is 5.32 Å². The second-order valence-electron chi connectivity index (χ2n) is 4.03. The van der Waals surface area contributed by atoms with Gasteiger partial charge in [-0.15, -0.1) is 0 Å². The van der Waals surface area contributed by atoms with Gasteiger partial charge in [0.25, 0.3) is 5.91 Å². The Morgan fingerprint density at radius 2 is 2.06 bits per heavy atom. The standard InChI is InChI=1S/C12H16Cl2N2O2/c1-16(2)5-4-15-12(17)9-6-8(13)7-10(14)11(9)18-3/h6-7H,4-5H2,1-3H3,(H,15,17). The second kappa shape index (κ2) is 6.83. The van der Waals surface area contributed by atoms with E-state index in [1.165, 1.54) is 13.2 Å². The molecule has 6 heteroatoms. The van der Waals surface area contributed by atoms with Crippen LogP contribution in [0.4, 0.5) is 0 Å². The molecule has 0 saturated carbocycles. The van der Waals surface area contributed by atoms with E-state index in [1.54, 1.807) is 6.07 Å². The molecular formula is C12H16Cl2N2O2. The highest BCUT2D eigenvalue weighted by atomic mass is 35.5. The predicted octanol–water partition coefficient (Wildman–Crippen LogP) is 2.29. The van der Waals surface area contributed by atoms with Crippen LogP contribution in [0.3, 0.4) is 0 Å². The number of carbonyl (C=O) groups is 1. The summed E-state index contributed by atoms with van der Waals surface area (Å²) in [5, 5.41) is 3.51. The van der Waals surface area contributed by atoms with Crippen LogP contribution in [0.1, 0.15) is 10.4 Å². The molecule has 0 saturated heterocycles. The maximum absolute atomic E-state index is 12.0. The number of likely N-dealkylation sites (N-methyl/N-ethyl adjacent to an activating group) is 1. The van der Waals surface area contributed by atoms with Crippen molar-refractivity contribution in [1.29, 1.82) is 0 Å². The van der Waals surface area contributed by atoms with Gasteiger partial charge in [0.15, 0.2) is 0 Å². The molecule has 1 aromatic rings. The van der Waals surface area contributed by atoms with Gasteiger partial charge in [0, 0.05) is 18.1 Å². The van der Waals surface area contributed by atoms with Crippen molar-refractivity contribution in [2.45, 2.75) is 0 Å². The fourth-order valence-electron chi connectivity index (χ4n) is 1.42. The Morgan fingerprint density at radius 3 is 2.61 bits per heavy atom. The van der Waals surface area contributed by atoms with E-state index in [-0.39, 0.29) is 5.91 Å². The monoisotopic (exact) mass is 290 g/mol. The van der Waals surface area contributed by atoms with Gasteiger partial charge in [-0.05, 0) is 26.2 Å². The Hall–Kier alpha value is -0.970. The first-order chi connectivity index (χ1) is 8.45. The molecule has 0 unspecified atom stereocenters. The number of hydrogen-bond acceptors (Lipinski definition) is 3. The van der Waals surface area contributed by atoms with E-state index in [0.29, 0.717) is 27.9 Å². The molecule has 0 aromatic heterocycles. The van der Waals surface area contributed by atoms with E-state index in [9.17, 15) is 4.79 Å². The van der Waals surface area contributed by atoms with E-state index in [0.717, 1.165) is 6.54 Å². The molecule has 0 bridgehead atoms. The van der Waals surface area contributed by atoms with Crippen molar-refractivity contribution in [3.05, 3.63) is 27.7 Å². The molecule has 1 N–H and O–H groups in total. The predicted molar refractivity (Wildman–Crippen MR) is 73.9 cm³/mol. The van der Waals surface area contributed by atoms with Crippen LogP contribution in [0, 0.1) is 0 Å². The zero-order valence-electron chi connectivity index (χ0n) is 10.6. The van der Waals surface area contributed by atoms with Gasteiger partial charge in [-0.2, -0.15) is 0 Å². The number of rotatable bonds is 5. The number of ether oxygens (including phenoxy) is 1. The normalized spacial score (nSPS) is 10.6. The van der Waals surface area contributed by atoms with Crippen molar-refractivity contribution in [1.82, 2.24) is 10.2 Å². The number of benzene rings is 1. The maximum atomic E-state index is 12.0. The highest BCUT2D eigenvalue weighted by Gasteiger charge is 2.16. The summed E-state index contributed by atoms with van der Waals surface area (Å²) in [6.07, 6.45) is 0. The average Bonchev–Trinajstić information content (AvgIpc) is 2.27. The molecule has 0 radical (unpaired) electrons. The van der Waals surface area contributed by atoms with E-state index < -0.39 is 0 Å². The van der Waals surface area contributed by atoms with Crippen LogP contribution in [-0.4, -0.2) is 45.1 Å². The Labute approximate surface area is 117 Å². The lowest BCUT2D eigenvalue weighted by molar-refractivity contribution is 0.0948. The summed E-state index contributed by atoms with van der Waals surface area (Å²) < 4.78 is 5.12. The van der Waals surface area contributed by atoms with Crippen LogP contribution >= 0.6 is 23.2 Å². The Morgan fingerprint density at radius 1 is 1.39 bits per heavy atom. The SMILES string of the molecule is COc1c(Cl)cc(Cl)cc1C(=O)NCCN(C)C. The Bertz CT molecular complexity index is 436. The minimum absolute atomic E-state index is 0.252. The molecule has 18 heavy (non-hydrogen) atoms. The van der Waals surface area contributed by atoms with Gasteiger partial charge >= 0.3 is 0 Å². The molecule has 1 aromatic carbocycles. The van der Waals surface area contributed by atoms with Crippen molar-refractivity contribution in [2.75, 3.05) is 34.3 Å². The number of nitrogens with one attached hydrogen (secondary N) is 1. The number of amides is 1. The first kappa shape index (κ1) is 15.1. The number of carbonyl (C=O) groups excluding carboxylic acids is 1. The fourth-order valence-corrected chi connectivity index (χ4v) is 2.00. The number of nitrogens with zero attached hydrogens (tertiary/aromatic N) is 1. The summed E-state index contributed by atoms with van der Waals surface area (Å²) in [6, 6.07) is 3.08. The summed E-state index contributed by atoms with van der Waals surface area (Å²) in [7, 11) is 5.33. The molecular weight excluding hydrogens is 275 g/mol. The third-order valence-corrected chi connectivity index (χ3v) is 2.80. The minimum Gasteiger partial charge on any atom is -0.494 e. The minimum atomic E-state index is -0.252. The Kier molecular flexibility index (Phi) is 5.72. The first-order valence-corrected chi connectivity index (χ1v) is 6.17. The summed E-state index contributed by atoms with van der Waals surface area (Å²) in [5.74, 6) is 0.0847. The lowest BCUT2D eigenvalue weighted by Crippen LogP contribution is -2.31. The van der Waals surface area contributed by atoms with Gasteiger partial charge in [0.2, 0.25) is 0 Å². The summed E-state index contributed by atoms with van der Waals surface area (Å²) in [6.45, 7) is 1.29. The van der Waals surface area contributed by atoms with E-state index in [4.69, 9.17) is 27.9 Å². The van der Waals surface area contributed by atoms with Crippen LogP contribution in [-0.2, 0) is 0 Å². The lowest BCUT2D eigenvalue weighted by atomic mass is 10.2. The van der Waals surface area contributed by atoms with Crippen molar-refractivity contribution in [3.8, 4) is 5.75 Å². The number of methoxy groups -OCH3 is 1. The zero-order valence-corrected chi connectivity index (χ0v) is 12.1. The highest BCUT2D eigenvalue weighted by molar-refractivity contribution is 6.36. The molecule has 1 rings (SSSR count). The van der Waals surface area contributed by atoms with Gasteiger partial charge in [0.05, 0.1) is 17.7 Å².